The van der Waals surface area contributed by atoms with Crippen LogP contribution in [0.5, 0.6) is 0 Å². The van der Waals surface area contributed by atoms with E-state index in [1.165, 1.54) is 30.0 Å². The van der Waals surface area contributed by atoms with E-state index in [0.29, 0.717) is 32.6 Å². The number of aryl methyl sites for hydroxylation is 1. The van der Waals surface area contributed by atoms with Crippen LogP contribution in [0, 0.1) is 0 Å². The summed E-state index contributed by atoms with van der Waals surface area (Å²) in [6.07, 6.45) is 5.02. The molecular weight excluding hydrogens is 354 g/mol. The third kappa shape index (κ3) is 3.36. The van der Waals surface area contributed by atoms with E-state index < -0.39 is 20.2 Å². The van der Waals surface area contributed by atoms with Crippen molar-refractivity contribution in [3.8, 4) is 0 Å². The van der Waals surface area contributed by atoms with Crippen molar-refractivity contribution in [1.82, 2.24) is 22.7 Å². The number of hydrogen-bond donors (Lipinski definition) is 0. The quantitative estimate of drug-likeness (QED) is 0.702. The molecule has 0 aliphatic carbocycles. The van der Waals surface area contributed by atoms with Crippen LogP contribution in [0.3, 0.4) is 0 Å². The highest BCUT2D eigenvalue weighted by atomic mass is 32.2. The van der Waals surface area contributed by atoms with Gasteiger partial charge >= 0.3 is 0 Å². The van der Waals surface area contributed by atoms with Gasteiger partial charge in [-0.2, -0.15) is 26.4 Å². The van der Waals surface area contributed by atoms with E-state index in [9.17, 15) is 16.8 Å². The number of rotatable bonds is 4. The van der Waals surface area contributed by atoms with Crippen molar-refractivity contribution in [3.63, 3.8) is 0 Å². The molecule has 24 heavy (non-hydrogen) atoms. The molecule has 0 amide bonds. The van der Waals surface area contributed by atoms with E-state index in [1.807, 2.05) is 0 Å². The summed E-state index contributed by atoms with van der Waals surface area (Å²) in [7, 11) is -5.46. The van der Waals surface area contributed by atoms with Crippen molar-refractivity contribution in [2.45, 2.75) is 24.2 Å². The fourth-order valence-corrected chi connectivity index (χ4v) is 6.28. The molecular formula is C13H23N5O4S2. The fourth-order valence-electron chi connectivity index (χ4n) is 3.10. The summed E-state index contributed by atoms with van der Waals surface area (Å²) in [4.78, 5) is 0.140. The number of hydrogen-bond acceptors (Lipinski definition) is 5. The third-order valence-corrected chi connectivity index (χ3v) is 8.34. The molecule has 0 spiro atoms. The molecule has 0 aromatic carbocycles. The van der Waals surface area contributed by atoms with Crippen molar-refractivity contribution in [1.29, 1.82) is 0 Å². The maximum absolute atomic E-state index is 12.7. The van der Waals surface area contributed by atoms with Gasteiger partial charge in [-0.25, -0.2) is 8.42 Å². The van der Waals surface area contributed by atoms with Crippen LogP contribution in [-0.2, 0) is 27.3 Å². The SMILES string of the molecule is Cn1cc(S(=O)(=O)N2CCCN(S(=O)(=O)N3CCCC3)CC2)cn1. The molecule has 1 aromatic heterocycles. The first-order chi connectivity index (χ1) is 11.3. The van der Waals surface area contributed by atoms with Crippen LogP contribution in [0.15, 0.2) is 17.3 Å². The maximum Gasteiger partial charge on any atom is 0.282 e. The average Bonchev–Trinajstić information content (AvgIpc) is 3.14. The Morgan fingerprint density at radius 2 is 1.38 bits per heavy atom. The molecule has 0 unspecified atom stereocenters. The van der Waals surface area contributed by atoms with Gasteiger partial charge in [0.25, 0.3) is 10.2 Å². The predicted octanol–water partition coefficient (Wildman–Crippen LogP) is -0.543. The number of nitrogens with zero attached hydrogens (tertiary/aromatic N) is 5. The monoisotopic (exact) mass is 377 g/mol. The standard InChI is InChI=1S/C13H23N5O4S2/c1-15-12-13(11-14-15)23(19,20)16-7-4-8-18(10-9-16)24(21,22)17-5-2-3-6-17/h11-12H,2-10H2,1H3. The predicted molar refractivity (Wildman–Crippen MR) is 87.9 cm³/mol. The Hall–Kier alpha value is -1.01. The summed E-state index contributed by atoms with van der Waals surface area (Å²) in [6.45, 7) is 2.09. The van der Waals surface area contributed by atoms with Gasteiger partial charge in [-0.05, 0) is 19.3 Å². The smallest absolute Gasteiger partial charge is 0.274 e. The first kappa shape index (κ1) is 17.8. The van der Waals surface area contributed by atoms with Gasteiger partial charge in [0.15, 0.2) is 0 Å². The summed E-state index contributed by atoms with van der Waals surface area (Å²) in [5, 5.41) is 3.91. The minimum absolute atomic E-state index is 0.140. The molecule has 2 saturated heterocycles. The topological polar surface area (TPSA) is 95.8 Å². The summed E-state index contributed by atoms with van der Waals surface area (Å²) < 4.78 is 56.3. The lowest BCUT2D eigenvalue weighted by molar-refractivity contribution is 0.364. The molecule has 11 heteroatoms. The summed E-state index contributed by atoms with van der Waals surface area (Å²) in [6, 6.07) is 0. The summed E-state index contributed by atoms with van der Waals surface area (Å²) in [5.41, 5.74) is 0. The van der Waals surface area contributed by atoms with Gasteiger partial charge in [0.05, 0.1) is 6.20 Å². The molecule has 0 bridgehead atoms. The Morgan fingerprint density at radius 1 is 0.833 bits per heavy atom. The lowest BCUT2D eigenvalue weighted by Crippen LogP contribution is -2.44. The molecule has 9 nitrogen and oxygen atoms in total. The minimum Gasteiger partial charge on any atom is -0.274 e. The van der Waals surface area contributed by atoms with Gasteiger partial charge in [-0.1, -0.05) is 0 Å². The Balaban J connectivity index is 1.73. The van der Waals surface area contributed by atoms with Gasteiger partial charge in [0, 0.05) is 52.5 Å². The molecule has 0 atom stereocenters. The Labute approximate surface area is 143 Å². The summed E-state index contributed by atoms with van der Waals surface area (Å²) in [5.74, 6) is 0. The Kier molecular flexibility index (Phi) is 4.98. The van der Waals surface area contributed by atoms with Crippen LogP contribution in [0.2, 0.25) is 0 Å². The van der Waals surface area contributed by atoms with Gasteiger partial charge in [0.1, 0.15) is 4.90 Å². The van der Waals surface area contributed by atoms with Crippen LogP contribution in [0.25, 0.3) is 0 Å². The molecule has 3 rings (SSSR count). The van der Waals surface area contributed by atoms with Crippen molar-refractivity contribution in [2.24, 2.45) is 7.05 Å². The van der Waals surface area contributed by atoms with Crippen LogP contribution in [0.4, 0.5) is 0 Å². The highest BCUT2D eigenvalue weighted by molar-refractivity contribution is 7.89. The van der Waals surface area contributed by atoms with Gasteiger partial charge in [-0.3, -0.25) is 4.68 Å². The zero-order valence-electron chi connectivity index (χ0n) is 13.7. The minimum atomic E-state index is -3.64. The first-order valence-electron chi connectivity index (χ1n) is 8.06. The lowest BCUT2D eigenvalue weighted by atomic mass is 10.4. The van der Waals surface area contributed by atoms with E-state index in [-0.39, 0.29) is 18.0 Å². The zero-order chi connectivity index (χ0) is 17.4. The largest absolute Gasteiger partial charge is 0.282 e. The molecule has 3 heterocycles. The maximum atomic E-state index is 12.7. The van der Waals surface area contributed by atoms with Gasteiger partial charge in [0.2, 0.25) is 10.0 Å². The van der Waals surface area contributed by atoms with E-state index in [0.717, 1.165) is 12.8 Å². The highest BCUT2D eigenvalue weighted by Crippen LogP contribution is 2.21. The molecule has 2 aliphatic rings. The normalized spacial score (nSPS) is 22.7. The van der Waals surface area contributed by atoms with Crippen molar-refractivity contribution < 1.29 is 16.8 Å². The number of sulfonamides is 1. The van der Waals surface area contributed by atoms with Crippen molar-refractivity contribution in [2.75, 3.05) is 39.3 Å². The second-order valence-electron chi connectivity index (χ2n) is 6.12. The molecule has 0 radical (unpaired) electrons. The van der Waals surface area contributed by atoms with Crippen molar-refractivity contribution >= 4 is 20.2 Å². The van der Waals surface area contributed by atoms with Crippen LogP contribution >= 0.6 is 0 Å². The molecule has 136 valence electrons. The molecule has 1 aromatic rings. The Morgan fingerprint density at radius 3 is 2.00 bits per heavy atom. The molecule has 0 N–H and O–H groups in total. The van der Waals surface area contributed by atoms with Gasteiger partial charge < -0.3 is 0 Å². The third-order valence-electron chi connectivity index (χ3n) is 4.45. The van der Waals surface area contributed by atoms with E-state index >= 15 is 0 Å². The van der Waals surface area contributed by atoms with Crippen LogP contribution in [-0.4, -0.2) is 78.8 Å². The first-order valence-corrected chi connectivity index (χ1v) is 10.9. The van der Waals surface area contributed by atoms with E-state index in [1.54, 1.807) is 7.05 Å². The van der Waals surface area contributed by atoms with Crippen LogP contribution < -0.4 is 0 Å². The molecule has 2 aliphatic heterocycles. The number of aromatic nitrogens is 2. The highest BCUT2D eigenvalue weighted by Gasteiger charge is 2.35. The van der Waals surface area contributed by atoms with Crippen LogP contribution in [0.1, 0.15) is 19.3 Å². The Bertz CT molecular complexity index is 783. The summed E-state index contributed by atoms with van der Waals surface area (Å²) >= 11 is 0. The zero-order valence-corrected chi connectivity index (χ0v) is 15.3. The second-order valence-corrected chi connectivity index (χ2v) is 9.99. The molecule has 2 fully saturated rings. The molecule has 0 saturated carbocycles. The van der Waals surface area contributed by atoms with E-state index in [2.05, 4.69) is 5.10 Å². The van der Waals surface area contributed by atoms with E-state index in [4.69, 9.17) is 0 Å². The van der Waals surface area contributed by atoms with Crippen molar-refractivity contribution in [3.05, 3.63) is 12.4 Å². The second kappa shape index (κ2) is 6.71. The average molecular weight is 377 g/mol. The van der Waals surface area contributed by atoms with Gasteiger partial charge in [-0.15, -0.1) is 0 Å². The fraction of sp³-hybridized carbons (Fsp3) is 0.769. The lowest BCUT2D eigenvalue weighted by Gasteiger charge is -2.26.